The summed E-state index contributed by atoms with van der Waals surface area (Å²) in [7, 11) is 0. The minimum atomic E-state index is -0.227. The van der Waals surface area contributed by atoms with E-state index in [1.807, 2.05) is 0 Å². The Kier molecular flexibility index (Phi) is 4.37. The van der Waals surface area contributed by atoms with Crippen molar-refractivity contribution in [1.29, 1.82) is 0 Å². The van der Waals surface area contributed by atoms with E-state index in [2.05, 4.69) is 5.32 Å². The van der Waals surface area contributed by atoms with Crippen LogP contribution < -0.4 is 19.5 Å². The van der Waals surface area contributed by atoms with Crippen LogP contribution in [0.4, 0.5) is 5.69 Å². The molecule has 0 spiro atoms. The number of benzene rings is 3. The quantitative estimate of drug-likeness (QED) is 0.695. The molecule has 3 aromatic rings. The van der Waals surface area contributed by atoms with E-state index in [1.165, 1.54) is 0 Å². The molecule has 0 aliphatic carbocycles. The van der Waals surface area contributed by atoms with Crippen LogP contribution in [0.15, 0.2) is 66.7 Å². The summed E-state index contributed by atoms with van der Waals surface area (Å²) in [5, 5.41) is 3.49. The van der Waals surface area contributed by atoms with E-state index in [0.29, 0.717) is 39.3 Å². The van der Waals surface area contributed by atoms with E-state index < -0.39 is 0 Å². The summed E-state index contributed by atoms with van der Waals surface area (Å²) in [6.45, 7) is 0.176. The third-order valence-corrected chi connectivity index (χ3v) is 4.05. The molecule has 5 nitrogen and oxygen atoms in total. The summed E-state index contributed by atoms with van der Waals surface area (Å²) in [5.41, 5.74) is 1.16. The molecule has 130 valence electrons. The van der Waals surface area contributed by atoms with Crippen molar-refractivity contribution in [3.05, 3.63) is 77.3 Å². The van der Waals surface area contributed by atoms with Gasteiger partial charge in [-0.2, -0.15) is 0 Å². The van der Waals surface area contributed by atoms with Gasteiger partial charge in [-0.05, 0) is 66.7 Å². The van der Waals surface area contributed by atoms with Crippen molar-refractivity contribution < 1.29 is 19.0 Å². The first-order chi connectivity index (χ1) is 12.7. The fraction of sp³-hybridized carbons (Fsp3) is 0.0500. The average Bonchev–Trinajstić information content (AvgIpc) is 3.13. The lowest BCUT2D eigenvalue weighted by Crippen LogP contribution is -2.11. The van der Waals surface area contributed by atoms with Gasteiger partial charge in [-0.1, -0.05) is 11.6 Å². The summed E-state index contributed by atoms with van der Waals surface area (Å²) in [4.78, 5) is 12.4. The molecule has 0 saturated heterocycles. The van der Waals surface area contributed by atoms with Gasteiger partial charge in [-0.15, -0.1) is 0 Å². The number of fused-ring (bicyclic) bond motifs is 1. The van der Waals surface area contributed by atoms with Gasteiger partial charge < -0.3 is 19.5 Å². The highest BCUT2D eigenvalue weighted by Gasteiger charge is 2.16. The standard InChI is InChI=1S/C20H14ClNO4/c21-14-2-6-16(7-3-14)26-17-8-4-15(5-9-17)22-20(23)13-1-10-18-19(11-13)25-12-24-18/h1-11H,12H2,(H,22,23). The van der Waals surface area contributed by atoms with Crippen LogP contribution >= 0.6 is 11.6 Å². The fourth-order valence-corrected chi connectivity index (χ4v) is 2.61. The molecule has 0 saturated carbocycles. The first-order valence-corrected chi connectivity index (χ1v) is 8.30. The van der Waals surface area contributed by atoms with Gasteiger partial charge in [0.2, 0.25) is 6.79 Å². The van der Waals surface area contributed by atoms with Gasteiger partial charge in [0.05, 0.1) is 0 Å². The van der Waals surface area contributed by atoms with Crippen LogP contribution in [0.1, 0.15) is 10.4 Å². The van der Waals surface area contributed by atoms with Gasteiger partial charge >= 0.3 is 0 Å². The Bertz CT molecular complexity index is 939. The second-order valence-corrected chi connectivity index (χ2v) is 6.04. The van der Waals surface area contributed by atoms with Crippen LogP contribution in [0.25, 0.3) is 0 Å². The Morgan fingerprint density at radius 3 is 2.27 bits per heavy atom. The second-order valence-electron chi connectivity index (χ2n) is 5.60. The number of anilines is 1. The molecule has 4 rings (SSSR count). The van der Waals surface area contributed by atoms with E-state index in [4.69, 9.17) is 25.8 Å². The summed E-state index contributed by atoms with van der Waals surface area (Å²) < 4.78 is 16.3. The first kappa shape index (κ1) is 16.3. The summed E-state index contributed by atoms with van der Waals surface area (Å²) in [5.74, 6) is 2.34. The lowest BCUT2D eigenvalue weighted by molar-refractivity contribution is 0.102. The number of hydrogen-bond donors (Lipinski definition) is 1. The Labute approximate surface area is 155 Å². The van der Waals surface area contributed by atoms with Crippen LogP contribution in [0.5, 0.6) is 23.0 Å². The molecule has 0 aromatic heterocycles. The van der Waals surface area contributed by atoms with Crippen molar-refractivity contribution in [2.75, 3.05) is 12.1 Å². The molecule has 26 heavy (non-hydrogen) atoms. The highest BCUT2D eigenvalue weighted by molar-refractivity contribution is 6.30. The van der Waals surface area contributed by atoms with Gasteiger partial charge in [0.1, 0.15) is 11.5 Å². The molecule has 0 bridgehead atoms. The molecule has 6 heteroatoms. The summed E-state index contributed by atoms with van der Waals surface area (Å²) in [6, 6.07) is 19.3. The Hall–Kier alpha value is -3.18. The van der Waals surface area contributed by atoms with Crippen LogP contribution in [-0.4, -0.2) is 12.7 Å². The van der Waals surface area contributed by atoms with Crippen LogP contribution in [-0.2, 0) is 0 Å². The Morgan fingerprint density at radius 1 is 0.885 bits per heavy atom. The number of amides is 1. The zero-order valence-electron chi connectivity index (χ0n) is 13.6. The smallest absolute Gasteiger partial charge is 0.255 e. The number of hydrogen-bond acceptors (Lipinski definition) is 4. The van der Waals surface area contributed by atoms with Crippen molar-refractivity contribution in [3.63, 3.8) is 0 Å². The van der Waals surface area contributed by atoms with E-state index in [9.17, 15) is 4.79 Å². The number of ether oxygens (including phenoxy) is 3. The topological polar surface area (TPSA) is 56.8 Å². The average molecular weight is 368 g/mol. The Morgan fingerprint density at radius 2 is 1.54 bits per heavy atom. The van der Waals surface area contributed by atoms with Crippen LogP contribution in [0.2, 0.25) is 5.02 Å². The third-order valence-electron chi connectivity index (χ3n) is 3.80. The number of nitrogens with one attached hydrogen (secondary N) is 1. The van der Waals surface area contributed by atoms with E-state index in [0.717, 1.165) is 0 Å². The molecule has 1 heterocycles. The molecule has 1 aliphatic rings. The molecule has 0 fully saturated rings. The molecule has 0 atom stereocenters. The highest BCUT2D eigenvalue weighted by Crippen LogP contribution is 2.32. The molecule has 1 amide bonds. The highest BCUT2D eigenvalue weighted by atomic mass is 35.5. The number of carbonyl (C=O) groups excluding carboxylic acids is 1. The van der Waals surface area contributed by atoms with Crippen molar-refractivity contribution >= 4 is 23.2 Å². The third kappa shape index (κ3) is 3.58. The van der Waals surface area contributed by atoms with Gasteiger partial charge in [0.25, 0.3) is 5.91 Å². The molecule has 0 unspecified atom stereocenters. The zero-order chi connectivity index (χ0) is 17.9. The van der Waals surface area contributed by atoms with E-state index in [1.54, 1.807) is 66.7 Å². The largest absolute Gasteiger partial charge is 0.457 e. The summed E-state index contributed by atoms with van der Waals surface area (Å²) >= 11 is 5.85. The summed E-state index contributed by atoms with van der Waals surface area (Å²) in [6.07, 6.45) is 0. The second kappa shape index (κ2) is 6.98. The predicted molar refractivity (Wildman–Crippen MR) is 98.5 cm³/mol. The van der Waals surface area contributed by atoms with Gasteiger partial charge in [0.15, 0.2) is 11.5 Å². The van der Waals surface area contributed by atoms with Crippen LogP contribution in [0.3, 0.4) is 0 Å². The van der Waals surface area contributed by atoms with Crippen LogP contribution in [0, 0.1) is 0 Å². The SMILES string of the molecule is O=C(Nc1ccc(Oc2ccc(Cl)cc2)cc1)c1ccc2c(c1)OCO2. The van der Waals surface area contributed by atoms with Crippen molar-refractivity contribution in [2.24, 2.45) is 0 Å². The number of carbonyl (C=O) groups is 1. The maximum absolute atomic E-state index is 12.4. The van der Waals surface area contributed by atoms with Crippen molar-refractivity contribution in [1.82, 2.24) is 0 Å². The lowest BCUT2D eigenvalue weighted by atomic mass is 10.2. The molecule has 3 aromatic carbocycles. The maximum Gasteiger partial charge on any atom is 0.255 e. The molecule has 1 aliphatic heterocycles. The minimum Gasteiger partial charge on any atom is -0.457 e. The number of halogens is 1. The molecule has 1 N–H and O–H groups in total. The maximum atomic E-state index is 12.4. The van der Waals surface area contributed by atoms with E-state index >= 15 is 0 Å². The molecular formula is C20H14ClNO4. The minimum absolute atomic E-state index is 0.176. The van der Waals surface area contributed by atoms with Crippen molar-refractivity contribution in [3.8, 4) is 23.0 Å². The van der Waals surface area contributed by atoms with Gasteiger partial charge in [0, 0.05) is 16.3 Å². The normalized spacial score (nSPS) is 11.9. The lowest BCUT2D eigenvalue weighted by Gasteiger charge is -2.08. The van der Waals surface area contributed by atoms with Gasteiger partial charge in [-0.3, -0.25) is 4.79 Å². The fourth-order valence-electron chi connectivity index (χ4n) is 2.49. The van der Waals surface area contributed by atoms with Gasteiger partial charge in [-0.25, -0.2) is 0 Å². The monoisotopic (exact) mass is 367 g/mol. The first-order valence-electron chi connectivity index (χ1n) is 7.92. The predicted octanol–water partition coefficient (Wildman–Crippen LogP) is 5.11. The number of rotatable bonds is 4. The van der Waals surface area contributed by atoms with E-state index in [-0.39, 0.29) is 12.7 Å². The molecular weight excluding hydrogens is 354 g/mol. The van der Waals surface area contributed by atoms with Crippen molar-refractivity contribution in [2.45, 2.75) is 0 Å². The molecule has 0 radical (unpaired) electrons. The zero-order valence-corrected chi connectivity index (χ0v) is 14.3. The Balaban J connectivity index is 1.42.